The van der Waals surface area contributed by atoms with Crippen LogP contribution in [0.2, 0.25) is 0 Å². The molecule has 0 spiro atoms. The highest BCUT2D eigenvalue weighted by Crippen LogP contribution is 2.31. The third kappa shape index (κ3) is 3.45. The van der Waals surface area contributed by atoms with Gasteiger partial charge in [-0.15, -0.1) is 0 Å². The molecule has 1 aliphatic rings. The lowest BCUT2D eigenvalue weighted by Crippen LogP contribution is -2.64. The fourth-order valence-corrected chi connectivity index (χ4v) is 4.10. The summed E-state index contributed by atoms with van der Waals surface area (Å²) in [5, 5.41) is 12.7. The lowest BCUT2D eigenvalue weighted by atomic mass is 9.78. The summed E-state index contributed by atoms with van der Waals surface area (Å²) in [5.41, 5.74) is 1.11. The standard InChI is InChI=1S/C17H20N2O3S/c20-12-16-17(13-7-3-1-4-8-13)15(19-16)11-18-23(21,22)14-9-5-2-6-10-14/h1-10,15-20H,11-12H2/t15-,16-,17-/m0/s1. The zero-order valence-electron chi connectivity index (χ0n) is 12.6. The highest BCUT2D eigenvalue weighted by Gasteiger charge is 2.41. The molecule has 0 amide bonds. The first-order valence-electron chi connectivity index (χ1n) is 7.58. The maximum atomic E-state index is 12.3. The minimum absolute atomic E-state index is 0.0293. The van der Waals surface area contributed by atoms with Gasteiger partial charge in [-0.2, -0.15) is 0 Å². The van der Waals surface area contributed by atoms with E-state index in [0.29, 0.717) is 0 Å². The van der Waals surface area contributed by atoms with Crippen molar-refractivity contribution in [1.82, 2.24) is 10.0 Å². The Kier molecular flexibility index (Phi) is 4.77. The van der Waals surface area contributed by atoms with Crippen molar-refractivity contribution < 1.29 is 13.5 Å². The van der Waals surface area contributed by atoms with Crippen LogP contribution in [-0.4, -0.2) is 38.8 Å². The largest absolute Gasteiger partial charge is 0.395 e. The third-order valence-electron chi connectivity index (χ3n) is 4.22. The molecule has 1 fully saturated rings. The molecule has 5 nitrogen and oxygen atoms in total. The Balaban J connectivity index is 1.69. The number of aliphatic hydroxyl groups excluding tert-OH is 1. The molecule has 0 saturated carbocycles. The first kappa shape index (κ1) is 16.1. The summed E-state index contributed by atoms with van der Waals surface area (Å²) < 4.78 is 27.2. The van der Waals surface area contributed by atoms with Crippen molar-refractivity contribution in [2.24, 2.45) is 0 Å². The fraction of sp³-hybridized carbons (Fsp3) is 0.294. The molecule has 122 valence electrons. The molecule has 3 N–H and O–H groups in total. The van der Waals surface area contributed by atoms with E-state index >= 15 is 0 Å². The van der Waals surface area contributed by atoms with Crippen molar-refractivity contribution in [3.63, 3.8) is 0 Å². The number of hydrogen-bond donors (Lipinski definition) is 3. The van der Waals surface area contributed by atoms with E-state index in [1.807, 2.05) is 30.3 Å². The Labute approximate surface area is 136 Å². The molecule has 2 aromatic carbocycles. The molecular weight excluding hydrogens is 312 g/mol. The zero-order valence-corrected chi connectivity index (χ0v) is 13.4. The second-order valence-corrected chi connectivity index (χ2v) is 7.43. The Morgan fingerprint density at radius 3 is 2.17 bits per heavy atom. The number of hydrogen-bond acceptors (Lipinski definition) is 4. The van der Waals surface area contributed by atoms with Gasteiger partial charge in [0.25, 0.3) is 0 Å². The molecule has 3 atom stereocenters. The van der Waals surface area contributed by atoms with Gasteiger partial charge in [-0.3, -0.25) is 0 Å². The molecule has 0 bridgehead atoms. The van der Waals surface area contributed by atoms with Crippen molar-refractivity contribution in [3.05, 3.63) is 66.2 Å². The molecule has 1 aliphatic heterocycles. The van der Waals surface area contributed by atoms with Gasteiger partial charge in [-0.1, -0.05) is 48.5 Å². The molecule has 3 rings (SSSR count). The van der Waals surface area contributed by atoms with Gasteiger partial charge in [0.2, 0.25) is 10.0 Å². The van der Waals surface area contributed by atoms with Gasteiger partial charge in [0.15, 0.2) is 0 Å². The maximum absolute atomic E-state index is 12.3. The van der Waals surface area contributed by atoms with Crippen molar-refractivity contribution in [1.29, 1.82) is 0 Å². The summed E-state index contributed by atoms with van der Waals surface area (Å²) in [4.78, 5) is 0.259. The average molecular weight is 332 g/mol. The van der Waals surface area contributed by atoms with E-state index < -0.39 is 10.0 Å². The first-order valence-corrected chi connectivity index (χ1v) is 9.07. The summed E-state index contributed by atoms with van der Waals surface area (Å²) in [6.07, 6.45) is 0. The van der Waals surface area contributed by atoms with E-state index in [0.717, 1.165) is 5.56 Å². The van der Waals surface area contributed by atoms with Gasteiger partial charge in [-0.25, -0.2) is 13.1 Å². The second kappa shape index (κ2) is 6.80. The number of benzene rings is 2. The van der Waals surface area contributed by atoms with Gasteiger partial charge >= 0.3 is 0 Å². The summed E-state index contributed by atoms with van der Waals surface area (Å²) in [5.74, 6) is 0.0969. The van der Waals surface area contributed by atoms with E-state index in [9.17, 15) is 13.5 Å². The molecule has 0 aromatic heterocycles. The third-order valence-corrected chi connectivity index (χ3v) is 5.66. The van der Waals surface area contributed by atoms with Crippen LogP contribution >= 0.6 is 0 Å². The molecule has 0 aliphatic carbocycles. The Bertz CT molecular complexity index is 735. The molecule has 1 saturated heterocycles. The molecule has 6 heteroatoms. The topological polar surface area (TPSA) is 78.4 Å². The monoisotopic (exact) mass is 332 g/mol. The van der Waals surface area contributed by atoms with E-state index in [1.54, 1.807) is 30.3 Å². The Morgan fingerprint density at radius 1 is 0.957 bits per heavy atom. The van der Waals surface area contributed by atoms with Crippen LogP contribution in [0.5, 0.6) is 0 Å². The summed E-state index contributed by atoms with van der Waals surface area (Å²) in [6, 6.07) is 18.1. The molecule has 2 aromatic rings. The van der Waals surface area contributed by atoms with Gasteiger partial charge in [0.05, 0.1) is 11.5 Å². The van der Waals surface area contributed by atoms with Gasteiger partial charge in [0, 0.05) is 24.5 Å². The van der Waals surface area contributed by atoms with Crippen molar-refractivity contribution in [2.45, 2.75) is 22.9 Å². The quantitative estimate of drug-likeness (QED) is 0.740. The molecular formula is C17H20N2O3S. The molecule has 1 heterocycles. The average Bonchev–Trinajstić information content (AvgIpc) is 2.56. The van der Waals surface area contributed by atoms with Crippen LogP contribution in [0.4, 0.5) is 0 Å². The number of rotatable bonds is 6. The SMILES string of the molecule is O=S(=O)(NC[C@@H]1N[C@@H](CO)[C@H]1c1ccccc1)c1ccccc1. The van der Waals surface area contributed by atoms with Crippen LogP contribution in [0.25, 0.3) is 0 Å². The number of sulfonamides is 1. The highest BCUT2D eigenvalue weighted by molar-refractivity contribution is 7.89. The molecule has 0 radical (unpaired) electrons. The maximum Gasteiger partial charge on any atom is 0.240 e. The zero-order chi connectivity index (χ0) is 16.3. The predicted octanol–water partition coefficient (Wildman–Crippen LogP) is 1.08. The Hall–Kier alpha value is -1.73. The minimum Gasteiger partial charge on any atom is -0.395 e. The van der Waals surface area contributed by atoms with E-state index in [2.05, 4.69) is 10.0 Å². The van der Waals surface area contributed by atoms with Crippen LogP contribution in [-0.2, 0) is 10.0 Å². The van der Waals surface area contributed by atoms with Crippen molar-refractivity contribution >= 4 is 10.0 Å². The van der Waals surface area contributed by atoms with Crippen LogP contribution in [0.15, 0.2) is 65.6 Å². The first-order chi connectivity index (χ1) is 11.1. The fourth-order valence-electron chi connectivity index (χ4n) is 3.02. The minimum atomic E-state index is -3.51. The lowest BCUT2D eigenvalue weighted by molar-refractivity contribution is 0.129. The molecule has 0 unspecified atom stereocenters. The van der Waals surface area contributed by atoms with Crippen LogP contribution in [0, 0.1) is 0 Å². The van der Waals surface area contributed by atoms with Gasteiger partial charge < -0.3 is 10.4 Å². The summed E-state index contributed by atoms with van der Waals surface area (Å²) in [6.45, 7) is 0.314. The van der Waals surface area contributed by atoms with E-state index in [4.69, 9.17) is 0 Å². The van der Waals surface area contributed by atoms with Crippen LogP contribution in [0.1, 0.15) is 11.5 Å². The summed E-state index contributed by atoms with van der Waals surface area (Å²) >= 11 is 0. The number of aliphatic hydroxyl groups is 1. The van der Waals surface area contributed by atoms with Gasteiger partial charge in [-0.05, 0) is 17.7 Å². The van der Waals surface area contributed by atoms with Crippen molar-refractivity contribution in [3.8, 4) is 0 Å². The molecule has 23 heavy (non-hydrogen) atoms. The predicted molar refractivity (Wildman–Crippen MR) is 88.6 cm³/mol. The van der Waals surface area contributed by atoms with E-state index in [1.165, 1.54) is 0 Å². The normalized spacial score (nSPS) is 24.1. The van der Waals surface area contributed by atoms with Crippen LogP contribution in [0.3, 0.4) is 0 Å². The lowest BCUT2D eigenvalue weighted by Gasteiger charge is -2.46. The smallest absolute Gasteiger partial charge is 0.240 e. The van der Waals surface area contributed by atoms with Crippen molar-refractivity contribution in [2.75, 3.05) is 13.2 Å². The second-order valence-electron chi connectivity index (χ2n) is 5.66. The summed E-state index contributed by atoms with van der Waals surface area (Å²) in [7, 11) is -3.51. The van der Waals surface area contributed by atoms with Gasteiger partial charge in [0.1, 0.15) is 0 Å². The Morgan fingerprint density at radius 2 is 1.57 bits per heavy atom. The van der Waals surface area contributed by atoms with Crippen LogP contribution < -0.4 is 10.0 Å². The van der Waals surface area contributed by atoms with E-state index in [-0.39, 0.29) is 36.0 Å². The number of nitrogens with one attached hydrogen (secondary N) is 2. The highest BCUT2D eigenvalue weighted by atomic mass is 32.2.